The molecule has 1 amide bonds. The highest BCUT2D eigenvalue weighted by Gasteiger charge is 2.20. The van der Waals surface area contributed by atoms with Crippen molar-refractivity contribution in [2.45, 2.75) is 26.7 Å². The molecule has 0 unspecified atom stereocenters. The predicted octanol–water partition coefficient (Wildman–Crippen LogP) is 4.74. The van der Waals surface area contributed by atoms with E-state index in [0.29, 0.717) is 34.7 Å². The lowest BCUT2D eigenvalue weighted by Gasteiger charge is -2.18. The van der Waals surface area contributed by atoms with Crippen molar-refractivity contribution >= 4 is 23.3 Å². The number of nitrogens with zero attached hydrogens (tertiary/aromatic N) is 2. The molecule has 3 aromatic rings. The van der Waals surface area contributed by atoms with Gasteiger partial charge in [0, 0.05) is 11.4 Å². The van der Waals surface area contributed by atoms with Gasteiger partial charge >= 0.3 is 0 Å². The summed E-state index contributed by atoms with van der Waals surface area (Å²) in [6.45, 7) is 3.49. The van der Waals surface area contributed by atoms with Crippen LogP contribution in [0.4, 0.5) is 10.2 Å². The van der Waals surface area contributed by atoms with Gasteiger partial charge in [-0.15, -0.1) is 0 Å². The van der Waals surface area contributed by atoms with Gasteiger partial charge in [-0.1, -0.05) is 30.7 Å². The van der Waals surface area contributed by atoms with E-state index < -0.39 is 5.82 Å². The Hall–Kier alpha value is -2.99. The summed E-state index contributed by atoms with van der Waals surface area (Å²) in [5, 5.41) is 7.67. The number of hydrogen-bond donors (Lipinski definition) is 1. The normalized spacial score (nSPS) is 10.7. The summed E-state index contributed by atoms with van der Waals surface area (Å²) in [5.41, 5.74) is 1.38. The lowest BCUT2D eigenvalue weighted by Crippen LogP contribution is -2.24. The fourth-order valence-electron chi connectivity index (χ4n) is 2.83. The standard InChI is InChI=1S/C21H19ClFN3O2/c1-3-4-18(27)24-21-19(14-5-7-15(22)8-6-14)20(28)13(2)25-26(21)17-11-9-16(23)10-12-17/h5-12H,3-4H2,1-2H3,(H,24,27). The van der Waals surface area contributed by atoms with Gasteiger partial charge in [0.15, 0.2) is 0 Å². The van der Waals surface area contributed by atoms with Crippen molar-refractivity contribution in [2.75, 3.05) is 5.32 Å². The van der Waals surface area contributed by atoms with Crippen LogP contribution in [0, 0.1) is 12.7 Å². The molecule has 0 spiro atoms. The number of halogens is 2. The average Bonchev–Trinajstić information content (AvgIpc) is 2.67. The Labute approximate surface area is 166 Å². The minimum Gasteiger partial charge on any atom is -0.310 e. The van der Waals surface area contributed by atoms with Crippen LogP contribution in [0.15, 0.2) is 53.3 Å². The van der Waals surface area contributed by atoms with E-state index in [1.165, 1.54) is 28.9 Å². The van der Waals surface area contributed by atoms with Gasteiger partial charge in [-0.3, -0.25) is 9.59 Å². The molecule has 3 rings (SSSR count). The number of aryl methyl sites for hydroxylation is 1. The van der Waals surface area contributed by atoms with Crippen molar-refractivity contribution < 1.29 is 9.18 Å². The second-order valence-corrected chi connectivity index (χ2v) is 6.77. The summed E-state index contributed by atoms with van der Waals surface area (Å²) in [6.07, 6.45) is 0.952. The first-order valence-corrected chi connectivity index (χ1v) is 9.24. The molecule has 7 heteroatoms. The molecule has 1 N–H and O–H groups in total. The molecule has 0 aliphatic heterocycles. The van der Waals surface area contributed by atoms with Crippen LogP contribution in [-0.2, 0) is 4.79 Å². The van der Waals surface area contributed by atoms with Crippen LogP contribution in [0.2, 0.25) is 5.02 Å². The van der Waals surface area contributed by atoms with E-state index >= 15 is 0 Å². The number of carbonyl (C=O) groups is 1. The summed E-state index contributed by atoms with van der Waals surface area (Å²) < 4.78 is 14.8. The first-order chi connectivity index (χ1) is 13.4. The van der Waals surface area contributed by atoms with Crippen molar-refractivity contribution in [1.29, 1.82) is 0 Å². The van der Waals surface area contributed by atoms with Crippen LogP contribution in [0.3, 0.4) is 0 Å². The van der Waals surface area contributed by atoms with Crippen molar-refractivity contribution in [1.82, 2.24) is 9.78 Å². The summed E-state index contributed by atoms with van der Waals surface area (Å²) >= 11 is 5.98. The van der Waals surface area contributed by atoms with Gasteiger partial charge in [-0.05, 0) is 55.3 Å². The molecular weight excluding hydrogens is 381 g/mol. The van der Waals surface area contributed by atoms with Crippen LogP contribution in [-0.4, -0.2) is 15.7 Å². The van der Waals surface area contributed by atoms with E-state index in [1.807, 2.05) is 6.92 Å². The third-order valence-electron chi connectivity index (χ3n) is 4.19. The number of nitrogens with one attached hydrogen (secondary N) is 1. The zero-order valence-electron chi connectivity index (χ0n) is 15.5. The lowest BCUT2D eigenvalue weighted by molar-refractivity contribution is -0.116. The summed E-state index contributed by atoms with van der Waals surface area (Å²) in [7, 11) is 0. The Morgan fingerprint density at radius 2 is 1.79 bits per heavy atom. The topological polar surface area (TPSA) is 64.0 Å². The quantitative estimate of drug-likeness (QED) is 0.674. The Balaban J connectivity index is 2.29. The Kier molecular flexibility index (Phi) is 5.90. The SMILES string of the molecule is CCCC(=O)Nc1c(-c2ccc(Cl)cc2)c(=O)c(C)nn1-c1ccc(F)cc1. The molecule has 2 aromatic carbocycles. The van der Waals surface area contributed by atoms with Gasteiger partial charge in [0.05, 0.1) is 11.3 Å². The molecule has 1 heterocycles. The van der Waals surface area contributed by atoms with Gasteiger partial charge < -0.3 is 5.32 Å². The molecule has 0 saturated carbocycles. The monoisotopic (exact) mass is 399 g/mol. The summed E-state index contributed by atoms with van der Waals surface area (Å²) in [4.78, 5) is 25.3. The molecule has 1 aromatic heterocycles. The molecule has 0 aliphatic carbocycles. The van der Waals surface area contributed by atoms with Gasteiger partial charge in [-0.2, -0.15) is 5.10 Å². The number of hydrogen-bond acceptors (Lipinski definition) is 3. The second-order valence-electron chi connectivity index (χ2n) is 6.33. The number of amides is 1. The smallest absolute Gasteiger partial charge is 0.225 e. The summed E-state index contributed by atoms with van der Waals surface area (Å²) in [5.74, 6) is -0.391. The maximum Gasteiger partial charge on any atom is 0.225 e. The second kappa shape index (κ2) is 8.35. The molecule has 0 bridgehead atoms. The molecule has 5 nitrogen and oxygen atoms in total. The molecule has 144 valence electrons. The van der Waals surface area contributed by atoms with E-state index in [4.69, 9.17) is 11.6 Å². The Morgan fingerprint density at radius 1 is 1.14 bits per heavy atom. The van der Waals surface area contributed by atoms with Gasteiger partial charge in [0.1, 0.15) is 17.3 Å². The Bertz CT molecular complexity index is 1060. The molecule has 0 fully saturated rings. The number of rotatable bonds is 5. The molecular formula is C21H19ClFN3O2. The van der Waals surface area contributed by atoms with Gasteiger partial charge in [-0.25, -0.2) is 9.07 Å². The minimum absolute atomic E-state index is 0.237. The van der Waals surface area contributed by atoms with Crippen molar-refractivity contribution in [2.24, 2.45) is 0 Å². The first kappa shape index (κ1) is 19.8. The van der Waals surface area contributed by atoms with E-state index in [-0.39, 0.29) is 22.8 Å². The van der Waals surface area contributed by atoms with Crippen molar-refractivity contribution in [3.05, 3.63) is 75.3 Å². The van der Waals surface area contributed by atoms with Gasteiger partial charge in [0.25, 0.3) is 0 Å². The molecule has 0 saturated heterocycles. The highest BCUT2D eigenvalue weighted by molar-refractivity contribution is 6.30. The lowest BCUT2D eigenvalue weighted by atomic mass is 10.1. The predicted molar refractivity (Wildman–Crippen MR) is 109 cm³/mol. The van der Waals surface area contributed by atoms with Crippen LogP contribution in [0.25, 0.3) is 16.8 Å². The van der Waals surface area contributed by atoms with E-state index in [9.17, 15) is 14.0 Å². The van der Waals surface area contributed by atoms with E-state index in [0.717, 1.165) is 0 Å². The zero-order valence-corrected chi connectivity index (χ0v) is 16.3. The molecule has 28 heavy (non-hydrogen) atoms. The first-order valence-electron chi connectivity index (χ1n) is 8.86. The zero-order chi connectivity index (χ0) is 20.3. The highest BCUT2D eigenvalue weighted by Crippen LogP contribution is 2.28. The van der Waals surface area contributed by atoms with Crippen LogP contribution in [0.1, 0.15) is 25.5 Å². The van der Waals surface area contributed by atoms with Gasteiger partial charge in [0.2, 0.25) is 11.3 Å². The number of carbonyl (C=O) groups excluding carboxylic acids is 1. The van der Waals surface area contributed by atoms with Crippen molar-refractivity contribution in [3.8, 4) is 16.8 Å². The summed E-state index contributed by atoms with van der Waals surface area (Å²) in [6, 6.07) is 12.4. The third-order valence-corrected chi connectivity index (χ3v) is 4.45. The number of anilines is 1. The van der Waals surface area contributed by atoms with Crippen molar-refractivity contribution in [3.63, 3.8) is 0 Å². The average molecular weight is 400 g/mol. The maximum atomic E-state index is 13.4. The highest BCUT2D eigenvalue weighted by atomic mass is 35.5. The number of aromatic nitrogens is 2. The fraction of sp³-hybridized carbons (Fsp3) is 0.190. The van der Waals surface area contributed by atoms with Crippen LogP contribution in [0.5, 0.6) is 0 Å². The molecule has 0 radical (unpaired) electrons. The molecule has 0 aliphatic rings. The van der Waals surface area contributed by atoms with E-state index in [2.05, 4.69) is 10.4 Å². The maximum absolute atomic E-state index is 13.4. The Morgan fingerprint density at radius 3 is 2.39 bits per heavy atom. The number of benzene rings is 2. The molecule has 0 atom stereocenters. The fourth-order valence-corrected chi connectivity index (χ4v) is 2.96. The minimum atomic E-state index is -0.393. The third kappa shape index (κ3) is 4.12. The largest absolute Gasteiger partial charge is 0.310 e. The van der Waals surface area contributed by atoms with Crippen LogP contribution < -0.4 is 10.7 Å². The van der Waals surface area contributed by atoms with Crippen LogP contribution >= 0.6 is 11.6 Å². The van der Waals surface area contributed by atoms with E-state index in [1.54, 1.807) is 31.2 Å².